The molecule has 0 aromatic rings. The molecule has 3 saturated carbocycles. The molecule has 0 radical (unpaired) electrons. The molecule has 6 atom stereocenters. The first-order chi connectivity index (χ1) is 14.1. The molecule has 0 spiro atoms. The molecule has 4 aliphatic rings. The average molecular weight is 407 g/mol. The van der Waals surface area contributed by atoms with Crippen molar-refractivity contribution >= 4 is 5.78 Å². The fourth-order valence-electron chi connectivity index (χ4n) is 7.37. The number of piperidine rings is 1. The molecule has 3 aliphatic carbocycles. The highest BCUT2D eigenvalue weighted by Gasteiger charge is 2.43. The Morgan fingerprint density at radius 3 is 2.31 bits per heavy atom. The van der Waals surface area contributed by atoms with Crippen LogP contribution in [0.25, 0.3) is 0 Å². The van der Waals surface area contributed by atoms with E-state index in [0.717, 1.165) is 69.4 Å². The Bertz CT molecular complexity index is 546. The van der Waals surface area contributed by atoms with E-state index in [9.17, 15) is 15.0 Å². The monoisotopic (exact) mass is 406 g/mol. The number of nitrogens with one attached hydrogen (secondary N) is 1. The highest BCUT2D eigenvalue weighted by molar-refractivity contribution is 5.83. The number of aliphatic hydroxyl groups excluding tert-OH is 1. The third kappa shape index (κ3) is 4.89. The molecule has 0 aromatic heterocycles. The van der Waals surface area contributed by atoms with Gasteiger partial charge in [-0.3, -0.25) is 4.79 Å². The molecule has 4 fully saturated rings. The van der Waals surface area contributed by atoms with Crippen molar-refractivity contribution in [3.05, 3.63) is 0 Å². The van der Waals surface area contributed by atoms with E-state index in [1.807, 2.05) is 0 Å². The zero-order valence-corrected chi connectivity index (χ0v) is 18.0. The average Bonchev–Trinajstić information content (AvgIpc) is 2.77. The number of carbonyl (C=O) groups excluding carboxylic acids is 1. The lowest BCUT2D eigenvalue weighted by Gasteiger charge is -2.45. The van der Waals surface area contributed by atoms with Crippen LogP contribution in [0.3, 0.4) is 0 Å². The highest BCUT2D eigenvalue weighted by Crippen LogP contribution is 2.43. The van der Waals surface area contributed by atoms with E-state index in [1.54, 1.807) is 0 Å². The van der Waals surface area contributed by atoms with Gasteiger partial charge >= 0.3 is 0 Å². The van der Waals surface area contributed by atoms with Crippen molar-refractivity contribution in [3.63, 3.8) is 0 Å². The number of Topliss-reactive ketones (excluding diaryl/α,β-unsaturated/α-hetero) is 1. The second-order valence-corrected chi connectivity index (χ2v) is 10.7. The number of ketones is 1. The standard InChI is InChI=1S/C24H42N2O3/c25-13-15-3-1-4-18(11-15)16-7-9-17(10-8-16)23(27)20-12-19-5-2-6-21(24(28)29)22(19)26-14-20/h15-22,24,26,28-29H,1-14,25H2. The molecule has 1 saturated heterocycles. The summed E-state index contributed by atoms with van der Waals surface area (Å²) in [6.07, 6.45) is 12.7. The van der Waals surface area contributed by atoms with Crippen LogP contribution in [0.2, 0.25) is 0 Å². The Morgan fingerprint density at radius 2 is 1.59 bits per heavy atom. The second kappa shape index (κ2) is 9.76. The third-order valence-corrected chi connectivity index (χ3v) is 9.05. The summed E-state index contributed by atoms with van der Waals surface area (Å²) in [5.74, 6) is 3.60. The van der Waals surface area contributed by atoms with E-state index in [0.29, 0.717) is 11.7 Å². The normalized spacial score (nSPS) is 43.7. The van der Waals surface area contributed by atoms with Gasteiger partial charge in [-0.15, -0.1) is 0 Å². The van der Waals surface area contributed by atoms with Gasteiger partial charge in [0.05, 0.1) is 0 Å². The zero-order chi connectivity index (χ0) is 20.4. The van der Waals surface area contributed by atoms with Crippen LogP contribution < -0.4 is 11.1 Å². The maximum absolute atomic E-state index is 13.3. The molecule has 0 aromatic carbocycles. The minimum absolute atomic E-state index is 0.0759. The largest absolute Gasteiger partial charge is 0.368 e. The van der Waals surface area contributed by atoms with Crippen LogP contribution in [0.4, 0.5) is 0 Å². The van der Waals surface area contributed by atoms with Gasteiger partial charge in [-0.05, 0) is 88.0 Å². The molecule has 6 unspecified atom stereocenters. The maximum atomic E-state index is 13.3. The van der Waals surface area contributed by atoms with Crippen molar-refractivity contribution in [2.24, 2.45) is 47.2 Å². The maximum Gasteiger partial charge on any atom is 0.155 e. The number of nitrogens with two attached hydrogens (primary N) is 1. The van der Waals surface area contributed by atoms with Crippen LogP contribution in [0.5, 0.6) is 0 Å². The van der Waals surface area contributed by atoms with E-state index in [1.165, 1.54) is 38.5 Å². The predicted molar refractivity (Wildman–Crippen MR) is 114 cm³/mol. The topological polar surface area (TPSA) is 95.6 Å². The van der Waals surface area contributed by atoms with Crippen LogP contribution in [0.1, 0.15) is 77.0 Å². The zero-order valence-electron chi connectivity index (χ0n) is 18.0. The van der Waals surface area contributed by atoms with E-state index in [2.05, 4.69) is 5.32 Å². The minimum atomic E-state index is -1.24. The molecular weight excluding hydrogens is 364 g/mol. The molecule has 5 heteroatoms. The molecule has 4 rings (SSSR count). The summed E-state index contributed by atoms with van der Waals surface area (Å²) in [6.45, 7) is 1.57. The molecule has 1 aliphatic heterocycles. The number of rotatable bonds is 5. The SMILES string of the molecule is NCC1CCCC(C2CCC(C(=O)C3CNC4C(CCCC4C(O)O)C3)CC2)C1. The van der Waals surface area contributed by atoms with Crippen LogP contribution in [0.15, 0.2) is 0 Å². The van der Waals surface area contributed by atoms with Crippen molar-refractivity contribution in [3.8, 4) is 0 Å². The summed E-state index contributed by atoms with van der Waals surface area (Å²) in [6, 6.07) is 0.172. The Morgan fingerprint density at radius 1 is 0.862 bits per heavy atom. The van der Waals surface area contributed by atoms with Crippen molar-refractivity contribution in [1.82, 2.24) is 5.32 Å². The molecule has 29 heavy (non-hydrogen) atoms. The second-order valence-electron chi connectivity index (χ2n) is 10.7. The van der Waals surface area contributed by atoms with E-state index in [4.69, 9.17) is 5.73 Å². The number of carbonyl (C=O) groups is 1. The molecule has 5 N–H and O–H groups in total. The van der Waals surface area contributed by atoms with Crippen molar-refractivity contribution in [2.45, 2.75) is 89.4 Å². The Kier molecular flexibility index (Phi) is 7.31. The fraction of sp³-hybridized carbons (Fsp3) is 0.958. The van der Waals surface area contributed by atoms with Gasteiger partial charge in [-0.1, -0.05) is 19.3 Å². The summed E-state index contributed by atoms with van der Waals surface area (Å²) in [4.78, 5) is 13.3. The smallest absolute Gasteiger partial charge is 0.155 e. The van der Waals surface area contributed by atoms with E-state index >= 15 is 0 Å². The summed E-state index contributed by atoms with van der Waals surface area (Å²) in [5, 5.41) is 22.9. The molecule has 0 amide bonds. The Hall–Kier alpha value is -0.490. The van der Waals surface area contributed by atoms with Gasteiger partial charge in [0.15, 0.2) is 6.29 Å². The molecule has 166 valence electrons. The predicted octanol–water partition coefficient (Wildman–Crippen LogP) is 2.83. The molecular formula is C24H42N2O3. The van der Waals surface area contributed by atoms with Crippen LogP contribution in [0, 0.1) is 41.4 Å². The lowest BCUT2D eigenvalue weighted by atomic mass is 9.65. The van der Waals surface area contributed by atoms with Crippen LogP contribution >= 0.6 is 0 Å². The summed E-state index contributed by atoms with van der Waals surface area (Å²) in [7, 11) is 0. The van der Waals surface area contributed by atoms with Gasteiger partial charge in [-0.25, -0.2) is 0 Å². The van der Waals surface area contributed by atoms with Crippen LogP contribution in [-0.2, 0) is 4.79 Å². The summed E-state index contributed by atoms with van der Waals surface area (Å²) >= 11 is 0. The van der Waals surface area contributed by atoms with Crippen molar-refractivity contribution < 1.29 is 15.0 Å². The first kappa shape index (κ1) is 21.7. The fourth-order valence-corrected chi connectivity index (χ4v) is 7.37. The Labute approximate surface area is 176 Å². The quantitative estimate of drug-likeness (QED) is 0.527. The summed E-state index contributed by atoms with van der Waals surface area (Å²) in [5.41, 5.74) is 5.93. The van der Waals surface area contributed by atoms with Crippen molar-refractivity contribution in [1.29, 1.82) is 0 Å². The molecule has 5 nitrogen and oxygen atoms in total. The van der Waals surface area contributed by atoms with Gasteiger partial charge in [0.1, 0.15) is 5.78 Å². The van der Waals surface area contributed by atoms with Gasteiger partial charge in [-0.2, -0.15) is 0 Å². The van der Waals surface area contributed by atoms with Gasteiger partial charge in [0.25, 0.3) is 0 Å². The Balaban J connectivity index is 1.27. The number of aliphatic hydroxyl groups is 2. The first-order valence-electron chi connectivity index (χ1n) is 12.4. The van der Waals surface area contributed by atoms with Gasteiger partial charge in [0, 0.05) is 30.3 Å². The lowest BCUT2D eigenvalue weighted by molar-refractivity contribution is -0.133. The minimum Gasteiger partial charge on any atom is -0.368 e. The van der Waals surface area contributed by atoms with Gasteiger partial charge < -0.3 is 21.3 Å². The molecule has 0 bridgehead atoms. The number of hydrogen-bond acceptors (Lipinski definition) is 5. The third-order valence-electron chi connectivity index (χ3n) is 9.05. The van der Waals surface area contributed by atoms with Crippen molar-refractivity contribution in [2.75, 3.05) is 13.1 Å². The number of fused-ring (bicyclic) bond motifs is 1. The molecule has 1 heterocycles. The summed E-state index contributed by atoms with van der Waals surface area (Å²) < 4.78 is 0. The number of hydrogen-bond donors (Lipinski definition) is 4. The lowest BCUT2D eigenvalue weighted by Crippen LogP contribution is -2.55. The van der Waals surface area contributed by atoms with Gasteiger partial charge in [0.2, 0.25) is 0 Å². The van der Waals surface area contributed by atoms with E-state index in [-0.39, 0.29) is 23.8 Å². The van der Waals surface area contributed by atoms with Crippen LogP contribution in [-0.4, -0.2) is 41.4 Å². The highest BCUT2D eigenvalue weighted by atomic mass is 16.5. The van der Waals surface area contributed by atoms with E-state index < -0.39 is 6.29 Å². The first-order valence-corrected chi connectivity index (χ1v) is 12.4.